The molecule has 172 valence electrons. The number of carbonyl (C=O) groups is 3. The highest BCUT2D eigenvalue weighted by Gasteiger charge is 2.33. The van der Waals surface area contributed by atoms with E-state index >= 15 is 0 Å². The van der Waals surface area contributed by atoms with E-state index in [0.29, 0.717) is 22.0 Å². The lowest BCUT2D eigenvalue weighted by Gasteiger charge is -2.32. The van der Waals surface area contributed by atoms with Crippen LogP contribution in [0.25, 0.3) is 11.3 Å². The van der Waals surface area contributed by atoms with Crippen LogP contribution in [0.15, 0.2) is 18.2 Å². The first-order valence-electron chi connectivity index (χ1n) is 10.1. The smallest absolute Gasteiger partial charge is 0.350 e. The number of hydrogen-bond donors (Lipinski definition) is 1. The van der Waals surface area contributed by atoms with Gasteiger partial charge in [0.15, 0.2) is 11.2 Å². The fourth-order valence-electron chi connectivity index (χ4n) is 3.55. The van der Waals surface area contributed by atoms with Crippen molar-refractivity contribution in [1.82, 2.24) is 9.97 Å². The van der Waals surface area contributed by atoms with E-state index < -0.39 is 18.0 Å². The number of anilines is 2. The van der Waals surface area contributed by atoms with Crippen LogP contribution in [-0.4, -0.2) is 47.5 Å². The highest BCUT2D eigenvalue weighted by Crippen LogP contribution is 2.38. The molecule has 1 aromatic carbocycles. The molecular weight excluding hydrogens is 464 g/mol. The van der Waals surface area contributed by atoms with Crippen LogP contribution in [0.4, 0.5) is 10.8 Å². The number of aromatic nitrogens is 2. The van der Waals surface area contributed by atoms with Crippen molar-refractivity contribution in [3.05, 3.63) is 38.7 Å². The number of nitrogens with one attached hydrogen (secondary N) is 1. The Kier molecular flexibility index (Phi) is 6.17. The molecule has 1 unspecified atom stereocenters. The van der Waals surface area contributed by atoms with Crippen LogP contribution < -0.4 is 15.0 Å². The molecule has 0 bridgehead atoms. The van der Waals surface area contributed by atoms with Gasteiger partial charge in [-0.1, -0.05) is 11.3 Å². The minimum absolute atomic E-state index is 0.232. The van der Waals surface area contributed by atoms with E-state index in [1.54, 1.807) is 31.3 Å². The lowest BCUT2D eigenvalue weighted by molar-refractivity contribution is -0.127. The molecule has 33 heavy (non-hydrogen) atoms. The Hall–Kier alpha value is -3.31. The van der Waals surface area contributed by atoms with Crippen molar-refractivity contribution in [2.45, 2.75) is 33.8 Å². The van der Waals surface area contributed by atoms with Gasteiger partial charge in [0.05, 0.1) is 29.2 Å². The van der Waals surface area contributed by atoms with E-state index in [4.69, 9.17) is 9.47 Å². The molecule has 0 saturated carbocycles. The van der Waals surface area contributed by atoms with Gasteiger partial charge >= 0.3 is 5.97 Å². The number of thiazole rings is 2. The van der Waals surface area contributed by atoms with E-state index in [0.717, 1.165) is 32.5 Å². The van der Waals surface area contributed by atoms with Gasteiger partial charge in [0.25, 0.3) is 5.91 Å². The normalized spacial score (nSPS) is 15.1. The second kappa shape index (κ2) is 8.91. The van der Waals surface area contributed by atoms with Gasteiger partial charge in [-0.3, -0.25) is 14.5 Å². The summed E-state index contributed by atoms with van der Waals surface area (Å²) < 4.78 is 10.5. The standard InChI is InChI=1S/C22H22N4O5S2/c1-10-19(21(29)30-5)33-22(23-10)25-17(27)9-26-15-8-14(18-12(3)32-13(4)24-18)6-7-16(15)31-11(2)20(26)28/h6-8,11H,9H2,1-5H3,(H,23,25,27). The van der Waals surface area contributed by atoms with Crippen LogP contribution in [0, 0.1) is 20.8 Å². The number of nitrogens with zero attached hydrogens (tertiary/aromatic N) is 3. The molecule has 0 saturated heterocycles. The first-order chi connectivity index (χ1) is 15.7. The predicted octanol–water partition coefficient (Wildman–Crippen LogP) is 3.73. The van der Waals surface area contributed by atoms with Gasteiger partial charge in [-0.2, -0.15) is 0 Å². The van der Waals surface area contributed by atoms with Gasteiger partial charge in [-0.25, -0.2) is 14.8 Å². The molecule has 4 rings (SSSR count). The SMILES string of the molecule is COC(=O)c1sc(NC(=O)CN2C(=O)C(C)Oc3ccc(-c4nc(C)sc4C)cc32)nc1C. The molecule has 2 aromatic heterocycles. The van der Waals surface area contributed by atoms with E-state index in [2.05, 4.69) is 15.3 Å². The molecule has 0 aliphatic carbocycles. The number of rotatable bonds is 5. The molecular formula is C22H22N4O5S2. The summed E-state index contributed by atoms with van der Waals surface area (Å²) >= 11 is 2.62. The lowest BCUT2D eigenvalue weighted by atomic mass is 10.1. The molecule has 1 N–H and O–H groups in total. The molecule has 0 radical (unpaired) electrons. The molecule has 11 heteroatoms. The highest BCUT2D eigenvalue weighted by molar-refractivity contribution is 7.17. The summed E-state index contributed by atoms with van der Waals surface area (Å²) in [5.41, 5.74) is 2.64. The van der Waals surface area contributed by atoms with Gasteiger partial charge in [0.1, 0.15) is 17.2 Å². The van der Waals surface area contributed by atoms with Crippen molar-refractivity contribution in [2.24, 2.45) is 0 Å². The minimum atomic E-state index is -0.729. The first-order valence-corrected chi connectivity index (χ1v) is 11.7. The fourth-order valence-corrected chi connectivity index (χ4v) is 5.29. The Morgan fingerprint density at radius 2 is 1.97 bits per heavy atom. The van der Waals surface area contributed by atoms with E-state index in [1.807, 2.05) is 26.0 Å². The van der Waals surface area contributed by atoms with Gasteiger partial charge in [-0.05, 0) is 45.9 Å². The molecule has 3 heterocycles. The number of hydrogen-bond acceptors (Lipinski definition) is 9. The average Bonchev–Trinajstić information content (AvgIpc) is 3.31. The summed E-state index contributed by atoms with van der Waals surface area (Å²) in [6.45, 7) is 7.00. The number of esters is 1. The second-order valence-corrected chi connectivity index (χ2v) is 9.88. The van der Waals surface area contributed by atoms with E-state index in [9.17, 15) is 14.4 Å². The third-order valence-corrected chi connectivity index (χ3v) is 7.00. The Balaban J connectivity index is 1.61. The van der Waals surface area contributed by atoms with Gasteiger partial charge in [-0.15, -0.1) is 11.3 Å². The number of ether oxygens (including phenoxy) is 2. The zero-order valence-electron chi connectivity index (χ0n) is 18.7. The van der Waals surface area contributed by atoms with Gasteiger partial charge < -0.3 is 14.8 Å². The quantitative estimate of drug-likeness (QED) is 0.547. The third-order valence-electron chi connectivity index (χ3n) is 5.06. The molecule has 0 spiro atoms. The van der Waals surface area contributed by atoms with Crippen molar-refractivity contribution in [3.63, 3.8) is 0 Å². The van der Waals surface area contributed by atoms with Crippen molar-refractivity contribution >= 4 is 51.3 Å². The summed E-state index contributed by atoms with van der Waals surface area (Å²) in [6.07, 6.45) is -0.729. The summed E-state index contributed by atoms with van der Waals surface area (Å²) in [5.74, 6) is -0.774. The summed E-state index contributed by atoms with van der Waals surface area (Å²) in [5, 5.41) is 3.87. The number of aryl methyl sites for hydroxylation is 3. The molecule has 3 aromatic rings. The zero-order chi connectivity index (χ0) is 23.9. The van der Waals surface area contributed by atoms with Crippen LogP contribution in [0.3, 0.4) is 0 Å². The van der Waals surface area contributed by atoms with Gasteiger partial charge in [0.2, 0.25) is 5.91 Å². The largest absolute Gasteiger partial charge is 0.479 e. The summed E-state index contributed by atoms with van der Waals surface area (Å²) in [6, 6.07) is 5.50. The maximum Gasteiger partial charge on any atom is 0.350 e. The van der Waals surface area contributed by atoms with Crippen LogP contribution in [0.5, 0.6) is 5.75 Å². The van der Waals surface area contributed by atoms with Crippen molar-refractivity contribution in [1.29, 1.82) is 0 Å². The lowest BCUT2D eigenvalue weighted by Crippen LogP contribution is -2.47. The third kappa shape index (κ3) is 4.46. The molecule has 2 amide bonds. The number of amides is 2. The van der Waals surface area contributed by atoms with E-state index in [1.165, 1.54) is 12.0 Å². The Labute approximate surface area is 198 Å². The zero-order valence-corrected chi connectivity index (χ0v) is 20.3. The van der Waals surface area contributed by atoms with Gasteiger partial charge in [0, 0.05) is 10.4 Å². The number of fused-ring (bicyclic) bond motifs is 1. The predicted molar refractivity (Wildman–Crippen MR) is 126 cm³/mol. The minimum Gasteiger partial charge on any atom is -0.479 e. The van der Waals surface area contributed by atoms with Crippen LogP contribution in [0.2, 0.25) is 0 Å². The first kappa shape index (κ1) is 22.9. The Bertz CT molecular complexity index is 1270. The summed E-state index contributed by atoms with van der Waals surface area (Å²) in [7, 11) is 1.28. The average molecular weight is 487 g/mol. The topological polar surface area (TPSA) is 111 Å². The number of benzene rings is 1. The maximum atomic E-state index is 12.9. The summed E-state index contributed by atoms with van der Waals surface area (Å²) in [4.78, 5) is 49.1. The molecule has 9 nitrogen and oxygen atoms in total. The number of methoxy groups -OCH3 is 1. The Morgan fingerprint density at radius 3 is 2.64 bits per heavy atom. The fraction of sp³-hybridized carbons (Fsp3) is 0.318. The molecule has 0 fully saturated rings. The highest BCUT2D eigenvalue weighted by atomic mass is 32.1. The molecule has 1 atom stereocenters. The molecule has 1 aliphatic rings. The van der Waals surface area contributed by atoms with Crippen LogP contribution in [0.1, 0.15) is 32.2 Å². The van der Waals surface area contributed by atoms with Crippen molar-refractivity contribution < 1.29 is 23.9 Å². The van der Waals surface area contributed by atoms with E-state index in [-0.39, 0.29) is 17.6 Å². The van der Waals surface area contributed by atoms with Crippen LogP contribution in [-0.2, 0) is 14.3 Å². The monoisotopic (exact) mass is 486 g/mol. The second-order valence-electron chi connectivity index (χ2n) is 7.48. The van der Waals surface area contributed by atoms with Crippen molar-refractivity contribution in [3.8, 4) is 17.0 Å². The maximum absolute atomic E-state index is 12.9. The van der Waals surface area contributed by atoms with Crippen molar-refractivity contribution in [2.75, 3.05) is 23.9 Å². The van der Waals surface area contributed by atoms with Crippen LogP contribution >= 0.6 is 22.7 Å². The number of carbonyl (C=O) groups excluding carboxylic acids is 3. The Morgan fingerprint density at radius 1 is 1.21 bits per heavy atom. The molecule has 1 aliphatic heterocycles.